The zero-order chi connectivity index (χ0) is 37.5. The van der Waals surface area contributed by atoms with Crippen LogP contribution in [0.2, 0.25) is 0 Å². The average molecular weight is 730 g/mol. The Morgan fingerprint density at radius 2 is 0.789 bits per heavy atom. The Morgan fingerprint density at radius 1 is 0.316 bits per heavy atom. The van der Waals surface area contributed by atoms with Crippen LogP contribution < -0.4 is 0 Å². The van der Waals surface area contributed by atoms with Crippen LogP contribution in [-0.2, 0) is 0 Å². The fourth-order valence-electron chi connectivity index (χ4n) is 8.66. The topological polar surface area (TPSA) is 61.7 Å². The summed E-state index contributed by atoms with van der Waals surface area (Å²) in [6.45, 7) is 0. The number of benzene rings is 8. The van der Waals surface area contributed by atoms with Gasteiger partial charge in [0.1, 0.15) is 11.2 Å². The smallest absolute Gasteiger partial charge is 0.164 e. The molecule has 6 heteroatoms. The molecule has 57 heavy (non-hydrogen) atoms. The predicted molar refractivity (Wildman–Crippen MR) is 232 cm³/mol. The van der Waals surface area contributed by atoms with Crippen LogP contribution in [0.5, 0.6) is 0 Å². The number of para-hydroxylation sites is 3. The fourth-order valence-corrected chi connectivity index (χ4v) is 8.66. The second kappa shape index (κ2) is 12.3. The molecule has 0 radical (unpaired) electrons. The summed E-state index contributed by atoms with van der Waals surface area (Å²) in [5.74, 6) is 1.90. The van der Waals surface area contributed by atoms with Crippen molar-refractivity contribution in [1.82, 2.24) is 24.1 Å². The molecule has 0 saturated carbocycles. The van der Waals surface area contributed by atoms with Gasteiger partial charge in [-0.15, -0.1) is 0 Å². The van der Waals surface area contributed by atoms with E-state index in [1.54, 1.807) is 0 Å². The Morgan fingerprint density at radius 3 is 1.46 bits per heavy atom. The van der Waals surface area contributed by atoms with Crippen LogP contribution in [0.4, 0.5) is 0 Å². The molecule has 12 rings (SSSR count). The van der Waals surface area contributed by atoms with Gasteiger partial charge in [0.15, 0.2) is 17.5 Å². The van der Waals surface area contributed by atoms with Gasteiger partial charge in [-0.1, -0.05) is 115 Å². The Balaban J connectivity index is 1.12. The minimum absolute atomic E-state index is 0.621. The molecule has 0 unspecified atom stereocenters. The molecule has 0 bridgehead atoms. The average Bonchev–Trinajstić information content (AvgIpc) is 3.95. The number of hydrogen-bond acceptors (Lipinski definition) is 4. The quantitative estimate of drug-likeness (QED) is 0.177. The standard InChI is InChI=1S/C51H31N5O/c1-4-14-32(15-5-1)49-52-50(33-16-6-2-7-17-33)54-51(53-49)34-24-26-36(27-25-34)56-42-31-30-41-45(39-21-10-12-22-40(39)55(41)35-18-8-3-9-19-35)46(42)47-43(56)29-28-38-37-20-11-13-23-44(37)57-48(38)47/h1-31H. The van der Waals surface area contributed by atoms with Gasteiger partial charge in [-0.25, -0.2) is 15.0 Å². The third kappa shape index (κ3) is 4.81. The van der Waals surface area contributed by atoms with E-state index < -0.39 is 0 Å². The summed E-state index contributed by atoms with van der Waals surface area (Å²) in [6.07, 6.45) is 0. The van der Waals surface area contributed by atoms with E-state index >= 15 is 0 Å². The SMILES string of the molecule is c1ccc(-c2nc(-c3ccccc3)nc(-c3ccc(-n4c5ccc6c7ccccc7oc6c5c5c6c7ccccc7n(-c7ccccc7)c6ccc54)cc3)n2)cc1. The van der Waals surface area contributed by atoms with Gasteiger partial charge >= 0.3 is 0 Å². The molecule has 0 aliphatic rings. The third-order valence-electron chi connectivity index (χ3n) is 11.2. The van der Waals surface area contributed by atoms with Crippen molar-refractivity contribution >= 4 is 65.6 Å². The van der Waals surface area contributed by atoms with Gasteiger partial charge in [-0.3, -0.25) is 0 Å². The molecular weight excluding hydrogens is 699 g/mol. The predicted octanol–water partition coefficient (Wildman–Crippen LogP) is 13.0. The second-order valence-corrected chi connectivity index (χ2v) is 14.4. The monoisotopic (exact) mass is 729 g/mol. The van der Waals surface area contributed by atoms with Gasteiger partial charge in [0, 0.05) is 55.0 Å². The summed E-state index contributed by atoms with van der Waals surface area (Å²) in [7, 11) is 0. The summed E-state index contributed by atoms with van der Waals surface area (Å²) in [5.41, 5.74) is 11.2. The molecule has 0 amide bonds. The van der Waals surface area contributed by atoms with E-state index in [0.29, 0.717) is 17.5 Å². The van der Waals surface area contributed by atoms with Gasteiger partial charge in [-0.05, 0) is 72.8 Å². The molecule has 6 nitrogen and oxygen atoms in total. The minimum atomic E-state index is 0.621. The van der Waals surface area contributed by atoms with Gasteiger partial charge in [0.2, 0.25) is 0 Å². The molecule has 0 aliphatic heterocycles. The van der Waals surface area contributed by atoms with E-state index in [4.69, 9.17) is 19.4 Å². The maximum atomic E-state index is 6.81. The van der Waals surface area contributed by atoms with Crippen molar-refractivity contribution in [2.24, 2.45) is 0 Å². The zero-order valence-electron chi connectivity index (χ0n) is 30.5. The number of rotatable bonds is 5. The van der Waals surface area contributed by atoms with Crippen molar-refractivity contribution in [3.63, 3.8) is 0 Å². The van der Waals surface area contributed by atoms with E-state index in [2.05, 4.69) is 130 Å². The van der Waals surface area contributed by atoms with Crippen molar-refractivity contribution < 1.29 is 4.42 Å². The molecule has 8 aromatic carbocycles. The molecule has 4 aromatic heterocycles. The number of fused-ring (bicyclic) bond motifs is 11. The highest BCUT2D eigenvalue weighted by molar-refractivity contribution is 6.34. The van der Waals surface area contributed by atoms with Gasteiger partial charge in [0.05, 0.1) is 27.5 Å². The van der Waals surface area contributed by atoms with Crippen LogP contribution in [0.1, 0.15) is 0 Å². The van der Waals surface area contributed by atoms with Gasteiger partial charge in [-0.2, -0.15) is 0 Å². The van der Waals surface area contributed by atoms with Crippen LogP contribution >= 0.6 is 0 Å². The Bertz CT molecular complexity index is 3430. The van der Waals surface area contributed by atoms with E-state index in [9.17, 15) is 0 Å². The highest BCUT2D eigenvalue weighted by atomic mass is 16.3. The van der Waals surface area contributed by atoms with Crippen molar-refractivity contribution in [1.29, 1.82) is 0 Å². The van der Waals surface area contributed by atoms with Crippen LogP contribution in [-0.4, -0.2) is 24.1 Å². The first-order valence-electron chi connectivity index (χ1n) is 19.1. The number of furan rings is 1. The van der Waals surface area contributed by atoms with Crippen LogP contribution in [0.15, 0.2) is 192 Å². The molecule has 266 valence electrons. The minimum Gasteiger partial charge on any atom is -0.455 e. The number of aromatic nitrogens is 5. The Hall–Kier alpha value is -7.83. The molecule has 0 spiro atoms. The molecule has 0 saturated heterocycles. The molecule has 0 atom stereocenters. The lowest BCUT2D eigenvalue weighted by Gasteiger charge is -2.11. The van der Waals surface area contributed by atoms with Crippen molar-refractivity contribution in [3.8, 4) is 45.5 Å². The largest absolute Gasteiger partial charge is 0.455 e. The fraction of sp³-hybridized carbons (Fsp3) is 0. The lowest BCUT2D eigenvalue weighted by atomic mass is 10.0. The van der Waals surface area contributed by atoms with Crippen LogP contribution in [0, 0.1) is 0 Å². The van der Waals surface area contributed by atoms with E-state index in [0.717, 1.165) is 77.5 Å². The first-order valence-corrected chi connectivity index (χ1v) is 19.1. The lowest BCUT2D eigenvalue weighted by Crippen LogP contribution is -2.00. The van der Waals surface area contributed by atoms with Crippen molar-refractivity contribution in [3.05, 3.63) is 188 Å². The highest BCUT2D eigenvalue weighted by Gasteiger charge is 2.24. The first kappa shape index (κ1) is 31.5. The van der Waals surface area contributed by atoms with Crippen molar-refractivity contribution in [2.45, 2.75) is 0 Å². The maximum absolute atomic E-state index is 6.81. The first-order chi connectivity index (χ1) is 28.3. The summed E-state index contributed by atoms with van der Waals surface area (Å²) >= 11 is 0. The Kier molecular flexibility index (Phi) is 6.83. The second-order valence-electron chi connectivity index (χ2n) is 14.4. The summed E-state index contributed by atoms with van der Waals surface area (Å²) < 4.78 is 11.6. The number of nitrogens with zero attached hydrogens (tertiary/aromatic N) is 5. The highest BCUT2D eigenvalue weighted by Crippen LogP contribution is 2.46. The van der Waals surface area contributed by atoms with Crippen LogP contribution in [0.3, 0.4) is 0 Å². The van der Waals surface area contributed by atoms with E-state index in [1.165, 1.54) is 16.2 Å². The molecule has 4 heterocycles. The molecule has 0 N–H and O–H groups in total. The van der Waals surface area contributed by atoms with Gasteiger partial charge in [0.25, 0.3) is 0 Å². The third-order valence-corrected chi connectivity index (χ3v) is 11.2. The van der Waals surface area contributed by atoms with E-state index in [1.807, 2.05) is 66.7 Å². The van der Waals surface area contributed by atoms with Gasteiger partial charge < -0.3 is 13.6 Å². The summed E-state index contributed by atoms with van der Waals surface area (Å²) in [5, 5.41) is 6.88. The summed E-state index contributed by atoms with van der Waals surface area (Å²) in [6, 6.07) is 65.4. The molecule has 0 fully saturated rings. The molecule has 0 aliphatic carbocycles. The molecule has 12 aromatic rings. The maximum Gasteiger partial charge on any atom is 0.164 e. The lowest BCUT2D eigenvalue weighted by molar-refractivity contribution is 0.673. The normalized spacial score (nSPS) is 11.9. The zero-order valence-corrected chi connectivity index (χ0v) is 30.5. The summed E-state index contributed by atoms with van der Waals surface area (Å²) in [4.78, 5) is 14.9. The van der Waals surface area contributed by atoms with Crippen LogP contribution in [0.25, 0.3) is 111 Å². The Labute approximate surface area is 326 Å². The number of hydrogen-bond donors (Lipinski definition) is 0. The van der Waals surface area contributed by atoms with E-state index in [-0.39, 0.29) is 0 Å². The molecular formula is C51H31N5O. The van der Waals surface area contributed by atoms with Crippen molar-refractivity contribution in [2.75, 3.05) is 0 Å².